The number of amides is 2. The van der Waals surface area contributed by atoms with E-state index in [0.717, 1.165) is 10.8 Å². The number of fused-ring (bicyclic) bond motifs is 1. The summed E-state index contributed by atoms with van der Waals surface area (Å²) in [5.74, 6) is -0.659. The maximum atomic E-state index is 12.3. The normalized spacial score (nSPS) is 11.3. The Morgan fingerprint density at radius 2 is 1.71 bits per heavy atom. The average Bonchev–Trinajstić information content (AvgIpc) is 2.68. The van der Waals surface area contributed by atoms with E-state index < -0.39 is 0 Å². The Bertz CT molecular complexity index is 1080. The molecule has 0 spiro atoms. The molecule has 0 bridgehead atoms. The van der Waals surface area contributed by atoms with Gasteiger partial charge in [-0.15, -0.1) is 0 Å². The number of halogens is 2. The predicted molar refractivity (Wildman–Crippen MR) is 114 cm³/mol. The summed E-state index contributed by atoms with van der Waals surface area (Å²) in [7, 11) is 0. The molecule has 3 rings (SSSR count). The van der Waals surface area contributed by atoms with E-state index in [0.29, 0.717) is 27.0 Å². The second-order valence-electron chi connectivity index (χ2n) is 6.20. The van der Waals surface area contributed by atoms with Gasteiger partial charge in [-0.25, -0.2) is 5.43 Å². The highest BCUT2D eigenvalue weighted by atomic mass is 35.5. The van der Waals surface area contributed by atoms with Gasteiger partial charge in [0.2, 0.25) is 5.91 Å². The quantitative estimate of drug-likeness (QED) is 0.441. The van der Waals surface area contributed by atoms with Gasteiger partial charge in [-0.3, -0.25) is 9.59 Å². The molecule has 3 aromatic carbocycles. The largest absolute Gasteiger partial charge is 0.324 e. The van der Waals surface area contributed by atoms with Gasteiger partial charge in [-0.05, 0) is 48.0 Å². The van der Waals surface area contributed by atoms with Crippen LogP contribution in [0.3, 0.4) is 0 Å². The van der Waals surface area contributed by atoms with Crippen LogP contribution >= 0.6 is 23.2 Å². The molecule has 0 saturated heterocycles. The molecule has 142 valence electrons. The number of rotatable bonds is 5. The second-order valence-corrected chi connectivity index (χ2v) is 7.04. The number of nitrogens with zero attached hydrogens (tertiary/aromatic N) is 1. The standard InChI is InChI=1S/C21H17Cl2N3O2/c1-13(10-20(27)24-19-12-17(22)8-9-18(19)23)25-26-21(28)16-7-6-14-4-2-3-5-15(14)11-16/h2-9,11-12H,10H2,1H3,(H,24,27)(H,26,28)/b25-13-. The van der Waals surface area contributed by atoms with Crippen LogP contribution in [0.4, 0.5) is 5.69 Å². The van der Waals surface area contributed by atoms with Crippen molar-refractivity contribution in [1.29, 1.82) is 0 Å². The van der Waals surface area contributed by atoms with Gasteiger partial charge in [0.15, 0.2) is 0 Å². The van der Waals surface area contributed by atoms with Crippen LogP contribution < -0.4 is 10.7 Å². The van der Waals surface area contributed by atoms with E-state index in [-0.39, 0.29) is 18.2 Å². The first kappa shape index (κ1) is 19.9. The van der Waals surface area contributed by atoms with E-state index >= 15 is 0 Å². The highest BCUT2D eigenvalue weighted by Gasteiger charge is 2.10. The summed E-state index contributed by atoms with van der Waals surface area (Å²) >= 11 is 11.9. The number of hydrazone groups is 1. The Labute approximate surface area is 172 Å². The number of carbonyl (C=O) groups is 2. The molecule has 0 aliphatic rings. The molecule has 0 radical (unpaired) electrons. The van der Waals surface area contributed by atoms with Crippen LogP contribution in [0.2, 0.25) is 10.0 Å². The van der Waals surface area contributed by atoms with Crippen molar-refractivity contribution < 1.29 is 9.59 Å². The average molecular weight is 414 g/mol. The molecule has 0 atom stereocenters. The molecule has 0 saturated carbocycles. The monoisotopic (exact) mass is 413 g/mol. The Hall–Kier alpha value is -2.89. The Morgan fingerprint density at radius 3 is 2.50 bits per heavy atom. The number of hydrogen-bond donors (Lipinski definition) is 2. The molecule has 0 aromatic heterocycles. The first-order valence-electron chi connectivity index (χ1n) is 8.49. The van der Waals surface area contributed by atoms with Gasteiger partial charge in [-0.1, -0.05) is 53.5 Å². The van der Waals surface area contributed by atoms with Gasteiger partial charge in [0.1, 0.15) is 0 Å². The summed E-state index contributed by atoms with van der Waals surface area (Å²) in [5, 5.41) is 9.54. The van der Waals surface area contributed by atoms with Crippen LogP contribution in [-0.4, -0.2) is 17.5 Å². The van der Waals surface area contributed by atoms with Gasteiger partial charge in [0, 0.05) is 16.3 Å². The zero-order valence-corrected chi connectivity index (χ0v) is 16.5. The van der Waals surface area contributed by atoms with Crippen LogP contribution in [0.15, 0.2) is 65.8 Å². The van der Waals surface area contributed by atoms with Crippen molar-refractivity contribution in [1.82, 2.24) is 5.43 Å². The Kier molecular flexibility index (Phi) is 6.29. The lowest BCUT2D eigenvalue weighted by atomic mass is 10.1. The smallest absolute Gasteiger partial charge is 0.271 e. The number of anilines is 1. The zero-order chi connectivity index (χ0) is 20.1. The van der Waals surface area contributed by atoms with Crippen molar-refractivity contribution in [3.63, 3.8) is 0 Å². The molecule has 0 aliphatic heterocycles. The fourth-order valence-corrected chi connectivity index (χ4v) is 2.94. The first-order valence-corrected chi connectivity index (χ1v) is 9.25. The molecular weight excluding hydrogens is 397 g/mol. The molecule has 7 heteroatoms. The minimum atomic E-state index is -0.344. The molecule has 0 fully saturated rings. The summed E-state index contributed by atoms with van der Waals surface area (Å²) in [6.07, 6.45) is 0.000836. The topological polar surface area (TPSA) is 70.6 Å². The van der Waals surface area contributed by atoms with Crippen molar-refractivity contribution >= 4 is 57.2 Å². The van der Waals surface area contributed by atoms with E-state index in [4.69, 9.17) is 23.2 Å². The second kappa shape index (κ2) is 8.87. The van der Waals surface area contributed by atoms with Gasteiger partial charge < -0.3 is 5.32 Å². The summed E-state index contributed by atoms with van der Waals surface area (Å²) in [6, 6.07) is 18.0. The van der Waals surface area contributed by atoms with Crippen molar-refractivity contribution in [2.45, 2.75) is 13.3 Å². The van der Waals surface area contributed by atoms with Crippen LogP contribution in [-0.2, 0) is 4.79 Å². The van der Waals surface area contributed by atoms with Crippen LogP contribution in [0.25, 0.3) is 10.8 Å². The zero-order valence-electron chi connectivity index (χ0n) is 15.0. The van der Waals surface area contributed by atoms with Gasteiger partial charge in [0.05, 0.1) is 17.1 Å². The molecule has 28 heavy (non-hydrogen) atoms. The molecule has 2 N–H and O–H groups in total. The van der Waals surface area contributed by atoms with E-state index in [1.807, 2.05) is 30.3 Å². The molecule has 0 heterocycles. The van der Waals surface area contributed by atoms with Crippen LogP contribution in [0.5, 0.6) is 0 Å². The maximum Gasteiger partial charge on any atom is 0.271 e. The Balaban J connectivity index is 1.60. The van der Waals surface area contributed by atoms with Crippen LogP contribution in [0.1, 0.15) is 23.7 Å². The molecule has 0 aliphatic carbocycles. The third-order valence-electron chi connectivity index (χ3n) is 3.98. The van der Waals surface area contributed by atoms with Crippen molar-refractivity contribution in [3.05, 3.63) is 76.3 Å². The van der Waals surface area contributed by atoms with Gasteiger partial charge >= 0.3 is 0 Å². The lowest BCUT2D eigenvalue weighted by Crippen LogP contribution is -2.21. The Morgan fingerprint density at radius 1 is 0.964 bits per heavy atom. The molecule has 0 unspecified atom stereocenters. The summed E-state index contributed by atoms with van der Waals surface area (Å²) < 4.78 is 0. The van der Waals surface area contributed by atoms with E-state index in [2.05, 4.69) is 15.8 Å². The fourth-order valence-electron chi connectivity index (χ4n) is 2.60. The lowest BCUT2D eigenvalue weighted by Gasteiger charge is -2.08. The highest BCUT2D eigenvalue weighted by molar-refractivity contribution is 6.35. The molecule has 5 nitrogen and oxygen atoms in total. The van der Waals surface area contributed by atoms with Gasteiger partial charge in [0.25, 0.3) is 5.91 Å². The van der Waals surface area contributed by atoms with Gasteiger partial charge in [-0.2, -0.15) is 5.10 Å². The van der Waals surface area contributed by atoms with Crippen molar-refractivity contribution in [2.24, 2.45) is 5.10 Å². The maximum absolute atomic E-state index is 12.3. The highest BCUT2D eigenvalue weighted by Crippen LogP contribution is 2.25. The fraction of sp³-hybridized carbons (Fsp3) is 0.0952. The summed E-state index contributed by atoms with van der Waals surface area (Å²) in [6.45, 7) is 1.65. The number of hydrogen-bond acceptors (Lipinski definition) is 3. The van der Waals surface area contributed by atoms with Crippen molar-refractivity contribution in [2.75, 3.05) is 5.32 Å². The van der Waals surface area contributed by atoms with E-state index in [1.54, 1.807) is 37.3 Å². The molecule has 2 amide bonds. The summed E-state index contributed by atoms with van der Waals surface area (Å²) in [5.41, 5.74) is 3.84. The molecular formula is C21H17Cl2N3O2. The SMILES string of the molecule is C/C(CC(=O)Nc1cc(Cl)ccc1Cl)=N/NC(=O)c1ccc2ccccc2c1. The first-order chi connectivity index (χ1) is 13.4. The van der Waals surface area contributed by atoms with Crippen molar-refractivity contribution in [3.8, 4) is 0 Å². The minimum absolute atomic E-state index is 0.000836. The number of benzene rings is 3. The third kappa shape index (κ3) is 5.09. The number of carbonyl (C=O) groups excluding carboxylic acids is 2. The summed E-state index contributed by atoms with van der Waals surface area (Å²) in [4.78, 5) is 24.4. The van der Waals surface area contributed by atoms with Crippen LogP contribution in [0, 0.1) is 0 Å². The number of nitrogens with one attached hydrogen (secondary N) is 2. The molecule has 3 aromatic rings. The third-order valence-corrected chi connectivity index (χ3v) is 4.54. The lowest BCUT2D eigenvalue weighted by molar-refractivity contribution is -0.115. The van der Waals surface area contributed by atoms with E-state index in [1.165, 1.54) is 0 Å². The van der Waals surface area contributed by atoms with E-state index in [9.17, 15) is 9.59 Å². The predicted octanol–water partition coefficient (Wildman–Crippen LogP) is 5.28. The minimum Gasteiger partial charge on any atom is -0.324 e.